The molecule has 4 nitrogen and oxygen atoms in total. The molecular weight excluding hydrogens is 274 g/mol. The average molecular weight is 297 g/mol. The van der Waals surface area contributed by atoms with Crippen LogP contribution in [0.25, 0.3) is 0 Å². The van der Waals surface area contributed by atoms with Crippen LogP contribution in [0.5, 0.6) is 0 Å². The van der Waals surface area contributed by atoms with Gasteiger partial charge in [-0.2, -0.15) is 0 Å². The van der Waals surface area contributed by atoms with Gasteiger partial charge in [-0.1, -0.05) is 36.8 Å². The summed E-state index contributed by atoms with van der Waals surface area (Å²) in [4.78, 5) is 0. The van der Waals surface area contributed by atoms with E-state index in [0.717, 1.165) is 18.4 Å². The van der Waals surface area contributed by atoms with Gasteiger partial charge in [0.2, 0.25) is 0 Å². The number of benzene rings is 1. The molecule has 0 radical (unpaired) electrons. The molecule has 0 spiro atoms. The van der Waals surface area contributed by atoms with Crippen molar-refractivity contribution in [2.75, 3.05) is 12.8 Å². The normalized spacial score (nSPS) is 26.9. The van der Waals surface area contributed by atoms with Crippen LogP contribution in [0.1, 0.15) is 31.2 Å². The minimum Gasteiger partial charge on any atom is -0.384 e. The summed E-state index contributed by atoms with van der Waals surface area (Å²) >= 11 is 0. The van der Waals surface area contributed by atoms with Crippen molar-refractivity contribution < 1.29 is 13.5 Å². The number of nitrogens with two attached hydrogens (primary N) is 1. The summed E-state index contributed by atoms with van der Waals surface area (Å²) in [6, 6.07) is 9.34. The van der Waals surface area contributed by atoms with E-state index in [9.17, 15) is 13.5 Å². The first-order valence-electron chi connectivity index (χ1n) is 7.05. The Balaban J connectivity index is 2.28. The Labute approximate surface area is 120 Å². The third-order valence-electron chi connectivity index (χ3n) is 4.49. The summed E-state index contributed by atoms with van der Waals surface area (Å²) in [6.45, 7) is 0.109. The van der Waals surface area contributed by atoms with Gasteiger partial charge in [0.15, 0.2) is 0 Å². The van der Waals surface area contributed by atoms with Gasteiger partial charge in [0.25, 0.3) is 0 Å². The van der Waals surface area contributed by atoms with E-state index in [1.165, 1.54) is 6.26 Å². The summed E-state index contributed by atoms with van der Waals surface area (Å²) in [5.41, 5.74) is 5.47. The number of aliphatic hydroxyl groups is 1. The maximum Gasteiger partial charge on any atom is 0.150 e. The lowest BCUT2D eigenvalue weighted by Gasteiger charge is -2.40. The fraction of sp³-hybridized carbons (Fsp3) is 0.600. The summed E-state index contributed by atoms with van der Waals surface area (Å²) in [5, 5.41) is 10.6. The van der Waals surface area contributed by atoms with Crippen molar-refractivity contribution in [2.24, 2.45) is 11.7 Å². The molecule has 5 heteroatoms. The van der Waals surface area contributed by atoms with Crippen molar-refractivity contribution in [3.8, 4) is 0 Å². The molecule has 3 atom stereocenters. The highest BCUT2D eigenvalue weighted by atomic mass is 32.2. The Hall–Kier alpha value is -0.910. The number of hydrogen-bond donors (Lipinski definition) is 2. The Morgan fingerprint density at radius 3 is 2.50 bits per heavy atom. The molecule has 2 rings (SSSR count). The fourth-order valence-electron chi connectivity index (χ4n) is 3.21. The van der Waals surface area contributed by atoms with Crippen LogP contribution in [0.15, 0.2) is 30.3 Å². The van der Waals surface area contributed by atoms with Crippen molar-refractivity contribution >= 4 is 9.84 Å². The lowest BCUT2D eigenvalue weighted by molar-refractivity contribution is -0.0298. The van der Waals surface area contributed by atoms with E-state index >= 15 is 0 Å². The van der Waals surface area contributed by atoms with Gasteiger partial charge in [0.1, 0.15) is 15.4 Å². The number of rotatable bonds is 4. The molecule has 1 saturated carbocycles. The summed E-state index contributed by atoms with van der Waals surface area (Å²) in [5.74, 6) is -0.108. The van der Waals surface area contributed by atoms with Crippen LogP contribution in [-0.2, 0) is 15.4 Å². The highest BCUT2D eigenvalue weighted by Crippen LogP contribution is 2.40. The van der Waals surface area contributed by atoms with Gasteiger partial charge >= 0.3 is 0 Å². The van der Waals surface area contributed by atoms with E-state index in [4.69, 9.17) is 5.73 Å². The Kier molecular flexibility index (Phi) is 4.52. The Morgan fingerprint density at radius 2 is 1.95 bits per heavy atom. The Morgan fingerprint density at radius 1 is 1.30 bits per heavy atom. The SMILES string of the molecule is CS(=O)(=O)C1CCCC(C(O)(CN)c2ccccc2)C1. The van der Waals surface area contributed by atoms with E-state index in [0.29, 0.717) is 12.8 Å². The molecule has 1 aliphatic carbocycles. The Bertz CT molecular complexity index is 543. The topological polar surface area (TPSA) is 80.4 Å². The molecule has 0 heterocycles. The maximum absolute atomic E-state index is 11.8. The van der Waals surface area contributed by atoms with Crippen LogP contribution in [0.4, 0.5) is 0 Å². The van der Waals surface area contributed by atoms with Crippen molar-refractivity contribution in [3.63, 3.8) is 0 Å². The molecule has 0 amide bonds. The van der Waals surface area contributed by atoms with E-state index in [1.807, 2.05) is 30.3 Å². The molecule has 112 valence electrons. The van der Waals surface area contributed by atoms with Gasteiger partial charge in [-0.25, -0.2) is 8.42 Å². The van der Waals surface area contributed by atoms with Crippen LogP contribution in [0.2, 0.25) is 0 Å². The standard InChI is InChI=1S/C15H23NO3S/c1-20(18,19)14-9-5-8-13(10-14)15(17,11-16)12-6-3-2-4-7-12/h2-4,6-7,13-14,17H,5,8-11,16H2,1H3. The van der Waals surface area contributed by atoms with Crippen molar-refractivity contribution in [2.45, 2.75) is 36.5 Å². The van der Waals surface area contributed by atoms with E-state index in [-0.39, 0.29) is 17.7 Å². The molecule has 0 aliphatic heterocycles. The van der Waals surface area contributed by atoms with Crippen molar-refractivity contribution in [1.82, 2.24) is 0 Å². The highest BCUT2D eigenvalue weighted by Gasteiger charge is 2.41. The highest BCUT2D eigenvalue weighted by molar-refractivity contribution is 7.91. The van der Waals surface area contributed by atoms with Crippen LogP contribution in [-0.4, -0.2) is 31.6 Å². The first kappa shape index (κ1) is 15.5. The van der Waals surface area contributed by atoms with Crippen LogP contribution >= 0.6 is 0 Å². The molecule has 3 unspecified atom stereocenters. The predicted molar refractivity (Wildman–Crippen MR) is 80.0 cm³/mol. The molecule has 1 aliphatic rings. The maximum atomic E-state index is 11.8. The molecular formula is C15H23NO3S. The molecule has 3 N–H and O–H groups in total. The summed E-state index contributed by atoms with van der Waals surface area (Å²) < 4.78 is 23.5. The first-order chi connectivity index (χ1) is 9.38. The predicted octanol–water partition coefficient (Wildman–Crippen LogP) is 1.44. The molecule has 0 bridgehead atoms. The third-order valence-corrected chi connectivity index (χ3v) is 6.13. The van der Waals surface area contributed by atoms with Gasteiger partial charge in [-0.05, 0) is 30.7 Å². The quantitative estimate of drug-likeness (QED) is 0.881. The summed E-state index contributed by atoms with van der Waals surface area (Å²) in [7, 11) is -3.06. The number of sulfone groups is 1. The zero-order valence-electron chi connectivity index (χ0n) is 11.8. The van der Waals surface area contributed by atoms with Gasteiger partial charge in [0, 0.05) is 12.8 Å². The lowest BCUT2D eigenvalue weighted by Crippen LogP contribution is -2.45. The average Bonchev–Trinajstić information content (AvgIpc) is 2.46. The minimum atomic E-state index is -3.06. The van der Waals surface area contributed by atoms with E-state index < -0.39 is 15.4 Å². The smallest absolute Gasteiger partial charge is 0.150 e. The van der Waals surface area contributed by atoms with E-state index in [2.05, 4.69) is 0 Å². The monoisotopic (exact) mass is 297 g/mol. The largest absolute Gasteiger partial charge is 0.384 e. The lowest BCUT2D eigenvalue weighted by atomic mass is 9.73. The summed E-state index contributed by atoms with van der Waals surface area (Å²) in [6.07, 6.45) is 4.09. The van der Waals surface area contributed by atoms with Gasteiger partial charge in [0.05, 0.1) is 5.25 Å². The van der Waals surface area contributed by atoms with E-state index in [1.54, 1.807) is 0 Å². The molecule has 20 heavy (non-hydrogen) atoms. The second kappa shape index (κ2) is 5.84. The van der Waals surface area contributed by atoms with Gasteiger partial charge in [-0.15, -0.1) is 0 Å². The molecule has 1 aromatic carbocycles. The third kappa shape index (κ3) is 3.05. The first-order valence-corrected chi connectivity index (χ1v) is 9.00. The second-order valence-electron chi connectivity index (χ2n) is 5.81. The molecule has 0 saturated heterocycles. The van der Waals surface area contributed by atoms with Crippen LogP contribution in [0.3, 0.4) is 0 Å². The second-order valence-corrected chi connectivity index (χ2v) is 8.14. The van der Waals surface area contributed by atoms with Crippen molar-refractivity contribution in [1.29, 1.82) is 0 Å². The van der Waals surface area contributed by atoms with Gasteiger partial charge in [-0.3, -0.25) is 0 Å². The number of hydrogen-bond acceptors (Lipinski definition) is 4. The molecule has 0 aromatic heterocycles. The van der Waals surface area contributed by atoms with Gasteiger partial charge < -0.3 is 10.8 Å². The van der Waals surface area contributed by atoms with Crippen LogP contribution < -0.4 is 5.73 Å². The molecule has 1 aromatic rings. The fourth-order valence-corrected chi connectivity index (χ4v) is 4.39. The zero-order valence-corrected chi connectivity index (χ0v) is 12.6. The van der Waals surface area contributed by atoms with Crippen molar-refractivity contribution in [3.05, 3.63) is 35.9 Å². The molecule has 1 fully saturated rings. The van der Waals surface area contributed by atoms with Crippen LogP contribution in [0, 0.1) is 5.92 Å². The zero-order chi connectivity index (χ0) is 14.8. The minimum absolute atomic E-state index is 0.108.